The molecule has 2 aromatic rings. The van der Waals surface area contributed by atoms with Gasteiger partial charge in [-0.2, -0.15) is 8.78 Å². The third-order valence-corrected chi connectivity index (χ3v) is 3.76. The van der Waals surface area contributed by atoms with Crippen molar-refractivity contribution in [2.75, 3.05) is 12.4 Å². The van der Waals surface area contributed by atoms with Crippen LogP contribution in [0.3, 0.4) is 0 Å². The maximum absolute atomic E-state index is 12.2. The number of nitrogens with zero attached hydrogens (tertiary/aromatic N) is 1. The fourth-order valence-corrected chi connectivity index (χ4v) is 2.59. The Morgan fingerprint density at radius 2 is 2.09 bits per heavy atom. The summed E-state index contributed by atoms with van der Waals surface area (Å²) in [7, 11) is 1.24. The molecule has 1 amide bonds. The summed E-state index contributed by atoms with van der Waals surface area (Å²) in [6, 6.07) is 5.35. The standard InChI is InChI=1S/C14H12F2N2O4S/c1-7-10(12(20)21-2)23-14(17-7)18-11(19)8-4-3-5-9(6-8)22-13(15)16/h3-6,13H,1-2H3,(H,17,18,19). The van der Waals surface area contributed by atoms with E-state index in [-0.39, 0.29) is 21.3 Å². The number of amides is 1. The number of aryl methyl sites for hydroxylation is 1. The van der Waals surface area contributed by atoms with Crippen molar-refractivity contribution in [1.82, 2.24) is 4.98 Å². The van der Waals surface area contributed by atoms with Crippen molar-refractivity contribution in [1.29, 1.82) is 0 Å². The number of aromatic nitrogens is 1. The number of hydrogen-bond donors (Lipinski definition) is 1. The number of halogens is 2. The molecule has 0 atom stereocenters. The Kier molecular flexibility index (Phi) is 5.22. The second-order valence-electron chi connectivity index (χ2n) is 4.29. The first-order valence-corrected chi connectivity index (χ1v) is 7.14. The Bertz CT molecular complexity index is 733. The number of anilines is 1. The van der Waals surface area contributed by atoms with Crippen molar-refractivity contribution >= 4 is 28.3 Å². The topological polar surface area (TPSA) is 77.5 Å². The lowest BCUT2D eigenvalue weighted by Gasteiger charge is -2.06. The van der Waals surface area contributed by atoms with Gasteiger partial charge in [0.15, 0.2) is 5.13 Å². The van der Waals surface area contributed by atoms with Crippen molar-refractivity contribution in [3.8, 4) is 5.75 Å². The first kappa shape index (κ1) is 16.8. The normalized spacial score (nSPS) is 10.5. The summed E-state index contributed by atoms with van der Waals surface area (Å²) < 4.78 is 33.2. The van der Waals surface area contributed by atoms with Crippen LogP contribution in [0.15, 0.2) is 24.3 Å². The molecule has 0 aliphatic rings. The molecule has 1 heterocycles. The van der Waals surface area contributed by atoms with Crippen molar-refractivity contribution < 1.29 is 27.8 Å². The molecule has 0 bridgehead atoms. The fraction of sp³-hybridized carbons (Fsp3) is 0.214. The van der Waals surface area contributed by atoms with E-state index >= 15 is 0 Å². The second kappa shape index (κ2) is 7.14. The van der Waals surface area contributed by atoms with E-state index in [4.69, 9.17) is 0 Å². The molecule has 0 spiro atoms. The van der Waals surface area contributed by atoms with Gasteiger partial charge in [0.2, 0.25) is 0 Å². The summed E-state index contributed by atoms with van der Waals surface area (Å²) in [5, 5.41) is 2.70. The number of ether oxygens (including phenoxy) is 2. The first-order valence-electron chi connectivity index (χ1n) is 6.32. The van der Waals surface area contributed by atoms with E-state index in [0.717, 1.165) is 11.3 Å². The number of hydrogen-bond acceptors (Lipinski definition) is 6. The van der Waals surface area contributed by atoms with Crippen LogP contribution in [0.25, 0.3) is 0 Å². The van der Waals surface area contributed by atoms with Crippen LogP contribution < -0.4 is 10.1 Å². The third kappa shape index (κ3) is 4.22. The minimum Gasteiger partial charge on any atom is -0.465 e. The van der Waals surface area contributed by atoms with Crippen LogP contribution in [0.2, 0.25) is 0 Å². The van der Waals surface area contributed by atoms with Crippen molar-refractivity contribution in [2.45, 2.75) is 13.5 Å². The molecule has 0 unspecified atom stereocenters. The van der Waals surface area contributed by atoms with Gasteiger partial charge in [-0.3, -0.25) is 10.1 Å². The number of carbonyl (C=O) groups excluding carboxylic acids is 2. The summed E-state index contributed by atoms with van der Waals surface area (Å²) in [4.78, 5) is 27.9. The van der Waals surface area contributed by atoms with E-state index in [9.17, 15) is 18.4 Å². The van der Waals surface area contributed by atoms with Gasteiger partial charge in [-0.15, -0.1) is 0 Å². The summed E-state index contributed by atoms with van der Waals surface area (Å²) in [5.74, 6) is -1.24. The molecule has 0 radical (unpaired) electrons. The van der Waals surface area contributed by atoms with Gasteiger partial charge >= 0.3 is 12.6 Å². The quantitative estimate of drug-likeness (QED) is 0.845. The molecule has 23 heavy (non-hydrogen) atoms. The summed E-state index contributed by atoms with van der Waals surface area (Å²) >= 11 is 0.961. The Morgan fingerprint density at radius 1 is 1.35 bits per heavy atom. The average Bonchev–Trinajstić information content (AvgIpc) is 2.86. The van der Waals surface area contributed by atoms with Gasteiger partial charge < -0.3 is 9.47 Å². The van der Waals surface area contributed by atoms with Gasteiger partial charge in [-0.25, -0.2) is 9.78 Å². The SMILES string of the molecule is COC(=O)c1sc(NC(=O)c2cccc(OC(F)F)c2)nc1C. The number of thiazole rings is 1. The summed E-state index contributed by atoms with van der Waals surface area (Å²) in [6.07, 6.45) is 0. The molecule has 0 saturated carbocycles. The van der Waals surface area contributed by atoms with Crippen LogP contribution in [0.1, 0.15) is 25.7 Å². The number of esters is 1. The summed E-state index contributed by atoms with van der Waals surface area (Å²) in [5.41, 5.74) is 0.544. The van der Waals surface area contributed by atoms with Crippen molar-refractivity contribution in [3.05, 3.63) is 40.4 Å². The van der Waals surface area contributed by atoms with Crippen molar-refractivity contribution in [3.63, 3.8) is 0 Å². The van der Waals surface area contributed by atoms with E-state index in [1.165, 1.54) is 31.4 Å². The molecule has 1 aromatic heterocycles. The largest absolute Gasteiger partial charge is 0.465 e. The predicted molar refractivity (Wildman–Crippen MR) is 79.2 cm³/mol. The van der Waals surface area contributed by atoms with Crippen LogP contribution >= 0.6 is 11.3 Å². The molecule has 0 saturated heterocycles. The van der Waals surface area contributed by atoms with Gasteiger partial charge in [0.25, 0.3) is 5.91 Å². The van der Waals surface area contributed by atoms with E-state index in [1.807, 2.05) is 0 Å². The molecule has 6 nitrogen and oxygen atoms in total. The number of alkyl halides is 2. The molecular weight excluding hydrogens is 330 g/mol. The monoisotopic (exact) mass is 342 g/mol. The lowest BCUT2D eigenvalue weighted by Crippen LogP contribution is -2.12. The lowest BCUT2D eigenvalue weighted by molar-refractivity contribution is -0.0498. The van der Waals surface area contributed by atoms with Crippen LogP contribution in [0.4, 0.5) is 13.9 Å². The third-order valence-electron chi connectivity index (χ3n) is 2.71. The van der Waals surface area contributed by atoms with E-state index in [2.05, 4.69) is 19.8 Å². The highest BCUT2D eigenvalue weighted by Crippen LogP contribution is 2.24. The Labute approximate surface area is 134 Å². The molecule has 0 aliphatic carbocycles. The molecule has 0 fully saturated rings. The Morgan fingerprint density at radius 3 is 2.74 bits per heavy atom. The highest BCUT2D eigenvalue weighted by molar-refractivity contribution is 7.17. The average molecular weight is 342 g/mol. The van der Waals surface area contributed by atoms with Crippen molar-refractivity contribution in [2.24, 2.45) is 0 Å². The van der Waals surface area contributed by atoms with Crippen LogP contribution in [0.5, 0.6) is 5.75 Å². The summed E-state index contributed by atoms with van der Waals surface area (Å²) in [6.45, 7) is -1.37. The first-order chi connectivity index (χ1) is 10.9. The minimum absolute atomic E-state index is 0.121. The highest BCUT2D eigenvalue weighted by atomic mass is 32.1. The zero-order chi connectivity index (χ0) is 17.0. The van der Waals surface area contributed by atoms with Gasteiger partial charge in [0.05, 0.1) is 12.8 Å². The molecule has 0 aliphatic heterocycles. The smallest absolute Gasteiger partial charge is 0.387 e. The number of rotatable bonds is 5. The van der Waals surface area contributed by atoms with E-state index in [0.29, 0.717) is 5.69 Å². The van der Waals surface area contributed by atoms with Crippen LogP contribution in [0, 0.1) is 6.92 Å². The molecular formula is C14H12F2N2O4S. The van der Waals surface area contributed by atoms with Gasteiger partial charge in [-0.05, 0) is 25.1 Å². The van der Waals surface area contributed by atoms with Gasteiger partial charge in [-0.1, -0.05) is 17.4 Å². The van der Waals surface area contributed by atoms with E-state index < -0.39 is 18.5 Å². The zero-order valence-electron chi connectivity index (χ0n) is 12.1. The number of nitrogens with one attached hydrogen (secondary N) is 1. The lowest BCUT2D eigenvalue weighted by atomic mass is 10.2. The maximum Gasteiger partial charge on any atom is 0.387 e. The molecule has 1 aromatic carbocycles. The maximum atomic E-state index is 12.2. The number of carbonyl (C=O) groups is 2. The molecule has 122 valence electrons. The van der Waals surface area contributed by atoms with Crippen LogP contribution in [-0.4, -0.2) is 30.6 Å². The zero-order valence-corrected chi connectivity index (χ0v) is 12.9. The van der Waals surface area contributed by atoms with Gasteiger partial charge in [0.1, 0.15) is 10.6 Å². The van der Waals surface area contributed by atoms with Crippen LogP contribution in [-0.2, 0) is 4.74 Å². The number of methoxy groups -OCH3 is 1. The highest BCUT2D eigenvalue weighted by Gasteiger charge is 2.17. The second-order valence-corrected chi connectivity index (χ2v) is 5.28. The molecule has 2 rings (SSSR count). The predicted octanol–water partition coefficient (Wildman–Crippen LogP) is 3.09. The Hall–Kier alpha value is -2.55. The van der Waals surface area contributed by atoms with Gasteiger partial charge in [0, 0.05) is 5.56 Å². The molecule has 1 N–H and O–H groups in total. The minimum atomic E-state index is -2.97. The fourth-order valence-electron chi connectivity index (χ4n) is 1.71. The molecule has 9 heteroatoms. The van der Waals surface area contributed by atoms with E-state index in [1.54, 1.807) is 6.92 Å². The number of benzene rings is 1. The Balaban J connectivity index is 2.14.